The number of carbonyl (C=O) groups excluding carboxylic acids is 1. The van der Waals surface area contributed by atoms with Gasteiger partial charge < -0.3 is 19.7 Å². The lowest BCUT2D eigenvalue weighted by molar-refractivity contribution is 0.104. The standard InChI is InChI=1S/C22H22O5/c1-26-21-8-4-5-16(22(21)27-14-15-9-10-15)11-12-17(23)13-20(25)18-6-2-3-7-19(18)24/h2-8,11-13,15,23-24H,9-10,14H2,1H3/b12-11+,17-13+. The number of aromatic hydroxyl groups is 1. The highest BCUT2D eigenvalue weighted by atomic mass is 16.5. The maximum Gasteiger partial charge on any atom is 0.193 e. The van der Waals surface area contributed by atoms with Gasteiger partial charge in [-0.15, -0.1) is 0 Å². The van der Waals surface area contributed by atoms with E-state index >= 15 is 0 Å². The number of allylic oxidation sites excluding steroid dienone is 2. The van der Waals surface area contributed by atoms with Gasteiger partial charge in [0.25, 0.3) is 0 Å². The second kappa shape index (κ2) is 8.45. The van der Waals surface area contributed by atoms with Gasteiger partial charge in [-0.05, 0) is 49.1 Å². The molecule has 0 unspecified atom stereocenters. The number of phenolic OH excluding ortho intramolecular Hbond substituents is 1. The van der Waals surface area contributed by atoms with Crippen molar-refractivity contribution >= 4 is 11.9 Å². The molecule has 1 aliphatic rings. The van der Waals surface area contributed by atoms with Crippen molar-refractivity contribution in [3.8, 4) is 17.2 Å². The maximum absolute atomic E-state index is 12.2. The molecule has 2 N–H and O–H groups in total. The third kappa shape index (κ3) is 4.91. The number of aliphatic hydroxyl groups is 1. The van der Waals surface area contributed by atoms with E-state index in [1.165, 1.54) is 31.1 Å². The van der Waals surface area contributed by atoms with Gasteiger partial charge in [0.05, 0.1) is 19.3 Å². The average Bonchev–Trinajstić information content (AvgIpc) is 3.49. The van der Waals surface area contributed by atoms with E-state index in [2.05, 4.69) is 0 Å². The van der Waals surface area contributed by atoms with E-state index < -0.39 is 5.78 Å². The fourth-order valence-electron chi connectivity index (χ4n) is 2.58. The Bertz CT molecular complexity index is 878. The lowest BCUT2D eigenvalue weighted by Crippen LogP contribution is -2.02. The van der Waals surface area contributed by atoms with Crippen LogP contribution in [0.1, 0.15) is 28.8 Å². The highest BCUT2D eigenvalue weighted by Crippen LogP contribution is 2.35. The molecule has 1 aliphatic carbocycles. The lowest BCUT2D eigenvalue weighted by Gasteiger charge is -2.13. The molecular weight excluding hydrogens is 344 g/mol. The zero-order valence-electron chi connectivity index (χ0n) is 15.1. The molecule has 1 fully saturated rings. The van der Waals surface area contributed by atoms with Crippen molar-refractivity contribution in [1.29, 1.82) is 0 Å². The number of ketones is 1. The van der Waals surface area contributed by atoms with Gasteiger partial charge in [-0.3, -0.25) is 4.79 Å². The molecule has 0 amide bonds. The lowest BCUT2D eigenvalue weighted by atomic mass is 10.1. The quantitative estimate of drug-likeness (QED) is 0.311. The van der Waals surface area contributed by atoms with E-state index in [9.17, 15) is 15.0 Å². The van der Waals surface area contributed by atoms with Gasteiger partial charge in [0, 0.05) is 11.6 Å². The summed E-state index contributed by atoms with van der Waals surface area (Å²) in [6, 6.07) is 11.7. The first kappa shape index (κ1) is 18.6. The first-order valence-corrected chi connectivity index (χ1v) is 8.79. The Hall–Kier alpha value is -3.21. The number of rotatable bonds is 8. The summed E-state index contributed by atoms with van der Waals surface area (Å²) in [5, 5.41) is 19.8. The van der Waals surface area contributed by atoms with Crippen molar-refractivity contribution in [2.45, 2.75) is 12.8 Å². The first-order chi connectivity index (χ1) is 13.1. The maximum atomic E-state index is 12.2. The molecule has 5 heteroatoms. The number of aliphatic hydroxyl groups excluding tert-OH is 1. The Balaban J connectivity index is 1.78. The summed E-state index contributed by atoms with van der Waals surface area (Å²) < 4.78 is 11.3. The number of benzene rings is 2. The second-order valence-corrected chi connectivity index (χ2v) is 6.42. The minimum atomic E-state index is -0.480. The van der Waals surface area contributed by atoms with Crippen LogP contribution in [0.2, 0.25) is 0 Å². The zero-order chi connectivity index (χ0) is 19.2. The third-order valence-electron chi connectivity index (χ3n) is 4.27. The van der Waals surface area contributed by atoms with E-state index in [1.807, 2.05) is 18.2 Å². The largest absolute Gasteiger partial charge is 0.508 e. The average molecular weight is 366 g/mol. The Morgan fingerprint density at radius 1 is 1.19 bits per heavy atom. The molecule has 1 saturated carbocycles. The highest BCUT2D eigenvalue weighted by molar-refractivity contribution is 6.06. The molecule has 5 nitrogen and oxygen atoms in total. The van der Waals surface area contributed by atoms with Crippen LogP contribution in [0, 0.1) is 5.92 Å². The molecule has 27 heavy (non-hydrogen) atoms. The van der Waals surface area contributed by atoms with Gasteiger partial charge >= 0.3 is 0 Å². The molecule has 0 saturated heterocycles. The van der Waals surface area contributed by atoms with Crippen LogP contribution in [0.5, 0.6) is 17.2 Å². The van der Waals surface area contributed by atoms with Gasteiger partial charge in [-0.1, -0.05) is 24.3 Å². The molecule has 0 atom stereocenters. The first-order valence-electron chi connectivity index (χ1n) is 8.79. The Morgan fingerprint density at radius 3 is 2.67 bits per heavy atom. The summed E-state index contributed by atoms with van der Waals surface area (Å²) in [5.41, 5.74) is 0.872. The SMILES string of the molecule is COc1cccc(/C=C/C(O)=C\C(=O)c2ccccc2O)c1OCC1CC1. The van der Waals surface area contributed by atoms with Gasteiger partial charge in [0.1, 0.15) is 11.5 Å². The second-order valence-electron chi connectivity index (χ2n) is 6.42. The Labute approximate surface area is 158 Å². The monoisotopic (exact) mass is 366 g/mol. The molecule has 0 heterocycles. The summed E-state index contributed by atoms with van der Waals surface area (Å²) in [5.74, 6) is 0.996. The fraction of sp³-hybridized carbons (Fsp3) is 0.227. The predicted molar refractivity (Wildman–Crippen MR) is 103 cm³/mol. The van der Waals surface area contributed by atoms with Crippen LogP contribution in [0.15, 0.2) is 60.4 Å². The number of hydrogen-bond donors (Lipinski definition) is 2. The summed E-state index contributed by atoms with van der Waals surface area (Å²) in [6.07, 6.45) is 6.50. The molecular formula is C22H22O5. The van der Waals surface area contributed by atoms with E-state index in [0.717, 1.165) is 11.6 Å². The number of hydrogen-bond acceptors (Lipinski definition) is 5. The van der Waals surface area contributed by atoms with Crippen LogP contribution in [0.4, 0.5) is 0 Å². The van der Waals surface area contributed by atoms with Crippen molar-refractivity contribution in [2.24, 2.45) is 5.92 Å². The van der Waals surface area contributed by atoms with E-state index in [0.29, 0.717) is 24.0 Å². The summed E-state index contributed by atoms with van der Waals surface area (Å²) in [4.78, 5) is 12.2. The summed E-state index contributed by atoms with van der Waals surface area (Å²) in [7, 11) is 1.58. The third-order valence-corrected chi connectivity index (χ3v) is 4.27. The number of ether oxygens (including phenoxy) is 2. The van der Waals surface area contributed by atoms with Crippen LogP contribution in [0.25, 0.3) is 6.08 Å². The Kier molecular flexibility index (Phi) is 5.81. The molecule has 140 valence electrons. The van der Waals surface area contributed by atoms with Gasteiger partial charge in [-0.25, -0.2) is 0 Å². The molecule has 0 aliphatic heterocycles. The number of methoxy groups -OCH3 is 1. The predicted octanol–water partition coefficient (Wildman–Crippen LogP) is 4.53. The number of phenols is 1. The van der Waals surface area contributed by atoms with Gasteiger partial charge in [-0.2, -0.15) is 0 Å². The molecule has 2 aromatic rings. The molecule has 2 aromatic carbocycles. The van der Waals surface area contributed by atoms with Crippen LogP contribution >= 0.6 is 0 Å². The smallest absolute Gasteiger partial charge is 0.193 e. The molecule has 0 aromatic heterocycles. The van der Waals surface area contributed by atoms with Crippen molar-refractivity contribution in [3.63, 3.8) is 0 Å². The fourth-order valence-corrected chi connectivity index (χ4v) is 2.58. The normalized spacial score (nSPS) is 14.3. The minimum absolute atomic E-state index is 0.126. The Morgan fingerprint density at radius 2 is 1.96 bits per heavy atom. The zero-order valence-corrected chi connectivity index (χ0v) is 15.1. The van der Waals surface area contributed by atoms with Crippen molar-refractivity contribution in [1.82, 2.24) is 0 Å². The van der Waals surface area contributed by atoms with E-state index in [4.69, 9.17) is 9.47 Å². The minimum Gasteiger partial charge on any atom is -0.508 e. The summed E-state index contributed by atoms with van der Waals surface area (Å²) >= 11 is 0. The molecule has 0 spiro atoms. The molecule has 0 radical (unpaired) electrons. The van der Waals surface area contributed by atoms with E-state index in [-0.39, 0.29) is 17.1 Å². The highest BCUT2D eigenvalue weighted by Gasteiger charge is 2.23. The van der Waals surface area contributed by atoms with Crippen molar-refractivity contribution in [2.75, 3.05) is 13.7 Å². The van der Waals surface area contributed by atoms with Crippen LogP contribution in [0.3, 0.4) is 0 Å². The van der Waals surface area contributed by atoms with Crippen LogP contribution < -0.4 is 9.47 Å². The van der Waals surface area contributed by atoms with Crippen LogP contribution in [-0.4, -0.2) is 29.7 Å². The van der Waals surface area contributed by atoms with Crippen molar-refractivity contribution < 1.29 is 24.5 Å². The van der Waals surface area contributed by atoms with Gasteiger partial charge in [0.2, 0.25) is 0 Å². The topological polar surface area (TPSA) is 76.0 Å². The molecule has 3 rings (SSSR count). The number of carbonyl (C=O) groups is 1. The summed E-state index contributed by atoms with van der Waals surface area (Å²) in [6.45, 7) is 0.634. The number of para-hydroxylation sites is 2. The van der Waals surface area contributed by atoms with E-state index in [1.54, 1.807) is 25.3 Å². The van der Waals surface area contributed by atoms with Crippen LogP contribution in [-0.2, 0) is 0 Å². The van der Waals surface area contributed by atoms with Crippen molar-refractivity contribution in [3.05, 3.63) is 71.5 Å². The molecule has 0 bridgehead atoms. The van der Waals surface area contributed by atoms with Gasteiger partial charge in [0.15, 0.2) is 17.3 Å².